The van der Waals surface area contributed by atoms with Crippen LogP contribution < -0.4 is 14.8 Å². The number of anilines is 1. The first kappa shape index (κ1) is 23.5. The molecule has 0 radical (unpaired) electrons. The van der Waals surface area contributed by atoms with Crippen molar-refractivity contribution in [2.75, 3.05) is 51.2 Å². The van der Waals surface area contributed by atoms with E-state index in [-0.39, 0.29) is 10.8 Å². The first-order chi connectivity index (χ1) is 15.9. The second-order valence-corrected chi connectivity index (χ2v) is 10.2. The summed E-state index contributed by atoms with van der Waals surface area (Å²) in [5.41, 5.74) is 0.865. The van der Waals surface area contributed by atoms with Crippen LogP contribution in [0.2, 0.25) is 0 Å². The van der Waals surface area contributed by atoms with Gasteiger partial charge in [0.1, 0.15) is 5.75 Å². The van der Waals surface area contributed by atoms with Crippen LogP contribution in [0.25, 0.3) is 0 Å². The zero-order chi connectivity index (χ0) is 23.3. The lowest BCUT2D eigenvalue weighted by Gasteiger charge is -2.26. The second-order valence-electron chi connectivity index (χ2n) is 8.51. The number of methoxy groups -OCH3 is 1. The van der Waals surface area contributed by atoms with E-state index >= 15 is 0 Å². The molecule has 0 unspecified atom stereocenters. The summed E-state index contributed by atoms with van der Waals surface area (Å²) in [5, 5.41) is 3.09. The number of hydrogen-bond donors (Lipinski definition) is 2. The molecular formula is C24H31N3O5S. The molecule has 2 N–H and O–H groups in total. The first-order valence-electron chi connectivity index (χ1n) is 11.3. The van der Waals surface area contributed by atoms with Crippen LogP contribution in [0.5, 0.6) is 5.75 Å². The quantitative estimate of drug-likeness (QED) is 0.515. The Morgan fingerprint density at radius 2 is 1.85 bits per heavy atom. The minimum atomic E-state index is -3.74. The molecule has 1 saturated carbocycles. The molecule has 0 aromatic heterocycles. The molecule has 2 aliphatic rings. The van der Waals surface area contributed by atoms with Crippen molar-refractivity contribution in [2.45, 2.75) is 29.6 Å². The van der Waals surface area contributed by atoms with Gasteiger partial charge >= 0.3 is 0 Å². The van der Waals surface area contributed by atoms with Gasteiger partial charge < -0.3 is 14.8 Å². The van der Waals surface area contributed by atoms with Gasteiger partial charge in [-0.15, -0.1) is 0 Å². The molecule has 1 aliphatic carbocycles. The maximum atomic E-state index is 12.9. The number of benzene rings is 2. The molecule has 0 bridgehead atoms. The maximum absolute atomic E-state index is 12.9. The number of nitrogens with one attached hydrogen (secondary N) is 2. The van der Waals surface area contributed by atoms with E-state index in [2.05, 4.69) is 14.9 Å². The monoisotopic (exact) mass is 473 g/mol. The largest absolute Gasteiger partial charge is 0.497 e. The summed E-state index contributed by atoms with van der Waals surface area (Å²) in [4.78, 5) is 15.4. The number of carbonyl (C=O) groups is 1. The number of amides is 1. The Balaban J connectivity index is 1.32. The predicted octanol–water partition coefficient (Wildman–Crippen LogP) is 2.37. The number of sulfonamides is 1. The van der Waals surface area contributed by atoms with Crippen LogP contribution in [0, 0.1) is 0 Å². The number of ether oxygens (including phenoxy) is 2. The smallest absolute Gasteiger partial charge is 0.262 e. The van der Waals surface area contributed by atoms with Gasteiger partial charge in [-0.25, -0.2) is 8.42 Å². The molecule has 1 aliphatic heterocycles. The zero-order valence-electron chi connectivity index (χ0n) is 18.9. The minimum Gasteiger partial charge on any atom is -0.497 e. The summed E-state index contributed by atoms with van der Waals surface area (Å²) in [7, 11) is -2.25. The van der Waals surface area contributed by atoms with Crippen molar-refractivity contribution in [1.82, 2.24) is 10.2 Å². The molecular weight excluding hydrogens is 442 g/mol. The zero-order valence-corrected chi connectivity index (χ0v) is 19.7. The van der Waals surface area contributed by atoms with Crippen molar-refractivity contribution in [1.29, 1.82) is 0 Å². The molecule has 0 atom stereocenters. The van der Waals surface area contributed by atoms with Crippen LogP contribution >= 0.6 is 0 Å². The third-order valence-corrected chi connectivity index (χ3v) is 7.65. The third kappa shape index (κ3) is 5.66. The summed E-state index contributed by atoms with van der Waals surface area (Å²) in [6, 6.07) is 13.4. The fraction of sp³-hybridized carbons (Fsp3) is 0.458. The molecule has 2 aromatic carbocycles. The fourth-order valence-corrected chi connectivity index (χ4v) is 5.20. The van der Waals surface area contributed by atoms with Crippen molar-refractivity contribution < 1.29 is 22.7 Å². The Kier molecular flexibility index (Phi) is 7.21. The van der Waals surface area contributed by atoms with Crippen molar-refractivity contribution >= 4 is 21.6 Å². The molecule has 2 aromatic rings. The van der Waals surface area contributed by atoms with Gasteiger partial charge in [0.05, 0.1) is 30.6 Å². The van der Waals surface area contributed by atoms with Crippen molar-refractivity contribution in [2.24, 2.45) is 0 Å². The predicted molar refractivity (Wildman–Crippen MR) is 126 cm³/mol. The van der Waals surface area contributed by atoms with E-state index in [0.717, 1.165) is 57.7 Å². The number of morpholine rings is 1. The number of carbonyl (C=O) groups excluding carboxylic acids is 1. The minimum absolute atomic E-state index is 0.0502. The van der Waals surface area contributed by atoms with Crippen LogP contribution in [0.3, 0.4) is 0 Å². The van der Waals surface area contributed by atoms with E-state index in [1.165, 1.54) is 19.2 Å². The van der Waals surface area contributed by atoms with Gasteiger partial charge in [0.2, 0.25) is 5.91 Å². The molecule has 33 heavy (non-hydrogen) atoms. The molecule has 1 amide bonds. The Bertz CT molecular complexity index is 1060. The summed E-state index contributed by atoms with van der Waals surface area (Å²) in [6.07, 6.45) is 2.52. The third-order valence-electron chi connectivity index (χ3n) is 6.27. The van der Waals surface area contributed by atoms with Crippen LogP contribution in [-0.4, -0.2) is 65.7 Å². The number of nitrogens with zero attached hydrogens (tertiary/aromatic N) is 1. The molecule has 1 saturated heterocycles. The summed E-state index contributed by atoms with van der Waals surface area (Å²) in [6.45, 7) is 5.06. The summed E-state index contributed by atoms with van der Waals surface area (Å²) < 4.78 is 38.4. The fourth-order valence-electron chi connectivity index (χ4n) is 4.11. The summed E-state index contributed by atoms with van der Waals surface area (Å²) >= 11 is 0. The van der Waals surface area contributed by atoms with Crippen LogP contribution in [0.1, 0.15) is 24.8 Å². The van der Waals surface area contributed by atoms with Crippen molar-refractivity contribution in [3.8, 4) is 5.75 Å². The first-order valence-corrected chi connectivity index (χ1v) is 12.8. The van der Waals surface area contributed by atoms with Gasteiger partial charge in [-0.1, -0.05) is 18.2 Å². The summed E-state index contributed by atoms with van der Waals surface area (Å²) in [5.74, 6) is 0.522. The lowest BCUT2D eigenvalue weighted by Crippen LogP contribution is -2.39. The highest BCUT2D eigenvalue weighted by molar-refractivity contribution is 7.92. The molecule has 2 fully saturated rings. The Labute approximate surface area is 195 Å². The van der Waals surface area contributed by atoms with Gasteiger partial charge in [0.15, 0.2) is 0 Å². The van der Waals surface area contributed by atoms with Crippen LogP contribution in [-0.2, 0) is 25.0 Å². The Morgan fingerprint density at radius 1 is 1.12 bits per heavy atom. The van der Waals surface area contributed by atoms with Gasteiger partial charge in [-0.3, -0.25) is 14.4 Å². The molecule has 0 spiro atoms. The highest BCUT2D eigenvalue weighted by atomic mass is 32.2. The van der Waals surface area contributed by atoms with E-state index < -0.39 is 15.4 Å². The van der Waals surface area contributed by atoms with Gasteiger partial charge in [-0.2, -0.15) is 0 Å². The van der Waals surface area contributed by atoms with Crippen molar-refractivity contribution in [3.63, 3.8) is 0 Å². The number of hydrogen-bond acceptors (Lipinski definition) is 6. The van der Waals surface area contributed by atoms with Gasteiger partial charge in [0, 0.05) is 31.4 Å². The topological polar surface area (TPSA) is 97.0 Å². The average Bonchev–Trinajstić information content (AvgIpc) is 3.65. The molecule has 9 heteroatoms. The van der Waals surface area contributed by atoms with Crippen LogP contribution in [0.4, 0.5) is 5.69 Å². The Morgan fingerprint density at radius 3 is 2.52 bits per heavy atom. The normalized spacial score (nSPS) is 17.8. The van der Waals surface area contributed by atoms with Gasteiger partial charge in [-0.05, 0) is 55.6 Å². The van der Waals surface area contributed by atoms with Gasteiger partial charge in [0.25, 0.3) is 10.0 Å². The van der Waals surface area contributed by atoms with E-state index in [9.17, 15) is 13.2 Å². The highest BCUT2D eigenvalue weighted by Gasteiger charge is 2.51. The lowest BCUT2D eigenvalue weighted by atomic mass is 9.95. The maximum Gasteiger partial charge on any atom is 0.262 e. The average molecular weight is 474 g/mol. The molecule has 178 valence electrons. The van der Waals surface area contributed by atoms with E-state index in [4.69, 9.17) is 9.47 Å². The van der Waals surface area contributed by atoms with E-state index in [1.807, 2.05) is 12.1 Å². The molecule has 1 heterocycles. The van der Waals surface area contributed by atoms with E-state index in [0.29, 0.717) is 18.0 Å². The Hall–Kier alpha value is -2.62. The molecule has 8 nitrogen and oxygen atoms in total. The number of rotatable bonds is 10. The van der Waals surface area contributed by atoms with Crippen molar-refractivity contribution in [3.05, 3.63) is 54.1 Å². The SMILES string of the molecule is COc1cccc(S(=O)(=O)Nc2ccc(C3(C(=O)NCCCN4CCOCC4)CC3)cc2)c1. The second kappa shape index (κ2) is 10.1. The standard InChI is InChI=1S/C24H31N3O5S/c1-31-21-4-2-5-22(18-21)33(29,30)26-20-8-6-19(7-9-20)24(10-11-24)23(28)25-12-3-13-27-14-16-32-17-15-27/h2,4-9,18,26H,3,10-17H2,1H3,(H,25,28). The van der Waals surface area contributed by atoms with E-state index in [1.54, 1.807) is 24.3 Å². The van der Waals surface area contributed by atoms with Crippen LogP contribution in [0.15, 0.2) is 53.4 Å². The highest BCUT2D eigenvalue weighted by Crippen LogP contribution is 2.48. The lowest BCUT2D eigenvalue weighted by molar-refractivity contribution is -0.123. The molecule has 4 rings (SSSR count).